The zero-order chi connectivity index (χ0) is 14.3. The van der Waals surface area contributed by atoms with Gasteiger partial charge in [0.05, 0.1) is 11.7 Å². The smallest absolute Gasteiger partial charge is 0.260 e. The van der Waals surface area contributed by atoms with Crippen molar-refractivity contribution in [3.8, 4) is 0 Å². The standard InChI is InChI=1S/C14H14BrF2N3/c1-8-6-13-18-11(9-2-4-10(15)5-3-9)7-12(14(16)17)20(13)19-8/h2-6,11-12,14,18H,7H2,1H3/t11-,12-/m0/s1. The van der Waals surface area contributed by atoms with E-state index in [-0.39, 0.29) is 6.04 Å². The highest BCUT2D eigenvalue weighted by molar-refractivity contribution is 9.10. The number of alkyl halides is 2. The first-order chi connectivity index (χ1) is 9.54. The predicted molar refractivity (Wildman–Crippen MR) is 77.1 cm³/mol. The summed E-state index contributed by atoms with van der Waals surface area (Å²) in [4.78, 5) is 0. The predicted octanol–water partition coefficient (Wildman–Crippen LogP) is 4.32. The van der Waals surface area contributed by atoms with Crippen LogP contribution in [-0.4, -0.2) is 16.2 Å². The van der Waals surface area contributed by atoms with Gasteiger partial charge in [-0.3, -0.25) is 0 Å². The van der Waals surface area contributed by atoms with Crippen LogP contribution < -0.4 is 5.32 Å². The minimum Gasteiger partial charge on any atom is -0.363 e. The highest BCUT2D eigenvalue weighted by atomic mass is 79.9. The van der Waals surface area contributed by atoms with Gasteiger partial charge in [-0.15, -0.1) is 0 Å². The number of aromatic nitrogens is 2. The van der Waals surface area contributed by atoms with Crippen molar-refractivity contribution in [3.05, 3.63) is 46.1 Å². The second-order valence-electron chi connectivity index (χ2n) is 5.00. The topological polar surface area (TPSA) is 29.9 Å². The van der Waals surface area contributed by atoms with Crippen LogP contribution in [0.1, 0.15) is 29.8 Å². The number of benzene rings is 1. The molecule has 1 aromatic heterocycles. The van der Waals surface area contributed by atoms with Crippen LogP contribution in [0, 0.1) is 6.92 Å². The number of rotatable bonds is 2. The van der Waals surface area contributed by atoms with Gasteiger partial charge in [0.25, 0.3) is 6.43 Å². The molecule has 2 aromatic rings. The van der Waals surface area contributed by atoms with Crippen LogP contribution >= 0.6 is 15.9 Å². The largest absolute Gasteiger partial charge is 0.363 e. The summed E-state index contributed by atoms with van der Waals surface area (Å²) in [6.45, 7) is 1.81. The van der Waals surface area contributed by atoms with Crippen molar-refractivity contribution in [2.75, 3.05) is 5.32 Å². The minimum atomic E-state index is -2.42. The number of halogens is 3. The molecule has 1 N–H and O–H groups in total. The minimum absolute atomic E-state index is 0.120. The van der Waals surface area contributed by atoms with E-state index in [2.05, 4.69) is 26.3 Å². The molecule has 0 saturated heterocycles. The quantitative estimate of drug-likeness (QED) is 0.881. The molecule has 2 heterocycles. The number of fused-ring (bicyclic) bond motifs is 1. The summed E-state index contributed by atoms with van der Waals surface area (Å²) in [5.41, 5.74) is 1.75. The van der Waals surface area contributed by atoms with Crippen LogP contribution in [0.15, 0.2) is 34.8 Å². The maximum Gasteiger partial charge on any atom is 0.260 e. The van der Waals surface area contributed by atoms with Crippen molar-refractivity contribution in [1.82, 2.24) is 9.78 Å². The van der Waals surface area contributed by atoms with Crippen molar-refractivity contribution in [2.24, 2.45) is 0 Å². The normalized spacial score (nSPS) is 21.6. The molecular weight excluding hydrogens is 328 g/mol. The van der Waals surface area contributed by atoms with E-state index in [9.17, 15) is 8.78 Å². The van der Waals surface area contributed by atoms with E-state index in [1.165, 1.54) is 4.68 Å². The number of anilines is 1. The summed E-state index contributed by atoms with van der Waals surface area (Å²) in [6, 6.07) is 8.54. The number of aryl methyl sites for hydroxylation is 1. The SMILES string of the molecule is Cc1cc2n(n1)[C@H](C(F)F)C[C@@H](c1ccc(Br)cc1)N2. The van der Waals surface area contributed by atoms with Gasteiger partial charge in [0.15, 0.2) is 0 Å². The molecule has 0 spiro atoms. The molecule has 1 aliphatic heterocycles. The van der Waals surface area contributed by atoms with Crippen LogP contribution in [0.5, 0.6) is 0 Å². The van der Waals surface area contributed by atoms with Gasteiger partial charge in [-0.25, -0.2) is 13.5 Å². The van der Waals surface area contributed by atoms with E-state index < -0.39 is 12.5 Å². The van der Waals surface area contributed by atoms with Crippen LogP contribution in [-0.2, 0) is 0 Å². The molecule has 0 fully saturated rings. The average molecular weight is 342 g/mol. The first-order valence-corrected chi connectivity index (χ1v) is 7.20. The highest BCUT2D eigenvalue weighted by Gasteiger charge is 2.34. The number of hydrogen-bond donors (Lipinski definition) is 1. The van der Waals surface area contributed by atoms with Gasteiger partial charge in [0.2, 0.25) is 0 Å². The fraction of sp³-hybridized carbons (Fsp3) is 0.357. The van der Waals surface area contributed by atoms with E-state index in [0.717, 1.165) is 15.7 Å². The Morgan fingerprint density at radius 1 is 1.35 bits per heavy atom. The fourth-order valence-corrected chi connectivity index (χ4v) is 2.84. The molecule has 2 atom stereocenters. The Morgan fingerprint density at radius 3 is 2.70 bits per heavy atom. The Balaban J connectivity index is 1.95. The maximum absolute atomic E-state index is 13.3. The summed E-state index contributed by atoms with van der Waals surface area (Å²) >= 11 is 3.38. The Morgan fingerprint density at radius 2 is 2.05 bits per heavy atom. The van der Waals surface area contributed by atoms with Crippen LogP contribution in [0.2, 0.25) is 0 Å². The third-order valence-electron chi connectivity index (χ3n) is 3.53. The monoisotopic (exact) mass is 341 g/mol. The van der Waals surface area contributed by atoms with Crippen molar-refractivity contribution in [3.63, 3.8) is 0 Å². The third-order valence-corrected chi connectivity index (χ3v) is 4.06. The van der Waals surface area contributed by atoms with E-state index >= 15 is 0 Å². The van der Waals surface area contributed by atoms with Gasteiger partial charge in [0, 0.05) is 10.5 Å². The molecule has 0 radical (unpaired) electrons. The molecule has 0 amide bonds. The second-order valence-corrected chi connectivity index (χ2v) is 5.92. The zero-order valence-corrected chi connectivity index (χ0v) is 12.4. The van der Waals surface area contributed by atoms with Gasteiger partial charge in [-0.05, 0) is 31.0 Å². The lowest BCUT2D eigenvalue weighted by Crippen LogP contribution is -2.30. The molecule has 1 aliphatic rings. The fourth-order valence-electron chi connectivity index (χ4n) is 2.58. The Kier molecular flexibility index (Phi) is 3.50. The summed E-state index contributed by atoms with van der Waals surface area (Å²) < 4.78 is 28.9. The first kappa shape index (κ1) is 13.5. The van der Waals surface area contributed by atoms with Crippen LogP contribution in [0.3, 0.4) is 0 Å². The Hall–Kier alpha value is -1.43. The molecule has 3 nitrogen and oxygen atoms in total. The molecule has 1 aromatic carbocycles. The molecule has 6 heteroatoms. The van der Waals surface area contributed by atoms with Crippen molar-refractivity contribution >= 4 is 21.7 Å². The number of nitrogens with one attached hydrogen (secondary N) is 1. The Bertz CT molecular complexity index is 609. The molecular formula is C14H14BrF2N3. The summed E-state index contributed by atoms with van der Waals surface area (Å²) in [7, 11) is 0. The molecule has 0 saturated carbocycles. The van der Waals surface area contributed by atoms with Crippen molar-refractivity contribution in [2.45, 2.75) is 31.9 Å². The van der Waals surface area contributed by atoms with Crippen LogP contribution in [0.4, 0.5) is 14.6 Å². The van der Waals surface area contributed by atoms with Gasteiger partial charge < -0.3 is 5.32 Å². The first-order valence-electron chi connectivity index (χ1n) is 6.41. The Labute approximate surface area is 124 Å². The lowest BCUT2D eigenvalue weighted by atomic mass is 9.97. The average Bonchev–Trinajstić information content (AvgIpc) is 2.78. The number of hydrogen-bond acceptors (Lipinski definition) is 2. The van der Waals surface area contributed by atoms with Gasteiger partial charge in [-0.2, -0.15) is 5.10 Å². The van der Waals surface area contributed by atoms with Gasteiger partial charge >= 0.3 is 0 Å². The summed E-state index contributed by atoms with van der Waals surface area (Å²) in [6.07, 6.45) is -2.10. The highest BCUT2D eigenvalue weighted by Crippen LogP contribution is 2.38. The third kappa shape index (κ3) is 2.44. The van der Waals surface area contributed by atoms with E-state index in [0.29, 0.717) is 12.2 Å². The van der Waals surface area contributed by atoms with Crippen molar-refractivity contribution in [1.29, 1.82) is 0 Å². The van der Waals surface area contributed by atoms with Crippen molar-refractivity contribution < 1.29 is 8.78 Å². The van der Waals surface area contributed by atoms with Crippen LogP contribution in [0.25, 0.3) is 0 Å². The van der Waals surface area contributed by atoms with Gasteiger partial charge in [-0.1, -0.05) is 28.1 Å². The summed E-state index contributed by atoms with van der Waals surface area (Å²) in [5.74, 6) is 0.659. The summed E-state index contributed by atoms with van der Waals surface area (Å²) in [5, 5.41) is 7.45. The molecule has 106 valence electrons. The molecule has 0 bridgehead atoms. The molecule has 0 aliphatic carbocycles. The molecule has 20 heavy (non-hydrogen) atoms. The van der Waals surface area contributed by atoms with Gasteiger partial charge in [0.1, 0.15) is 11.9 Å². The lowest BCUT2D eigenvalue weighted by molar-refractivity contribution is 0.0657. The maximum atomic E-state index is 13.3. The number of nitrogens with zero attached hydrogens (tertiary/aromatic N) is 2. The molecule has 3 rings (SSSR count). The van der Waals surface area contributed by atoms with E-state index in [4.69, 9.17) is 0 Å². The molecule has 0 unspecified atom stereocenters. The zero-order valence-electron chi connectivity index (χ0n) is 10.9. The lowest BCUT2D eigenvalue weighted by Gasteiger charge is -2.32. The second kappa shape index (κ2) is 5.16. The van der Waals surface area contributed by atoms with E-state index in [1.54, 1.807) is 6.07 Å². The van der Waals surface area contributed by atoms with E-state index in [1.807, 2.05) is 31.2 Å².